The predicted molar refractivity (Wildman–Crippen MR) is 83.1 cm³/mol. The number of rotatable bonds is 4. The van der Waals surface area contributed by atoms with Crippen molar-refractivity contribution in [2.24, 2.45) is 5.92 Å². The van der Waals surface area contributed by atoms with E-state index < -0.39 is 0 Å². The van der Waals surface area contributed by atoms with Crippen molar-refractivity contribution < 1.29 is 4.79 Å². The highest BCUT2D eigenvalue weighted by molar-refractivity contribution is 5.96. The maximum absolute atomic E-state index is 12.3. The van der Waals surface area contributed by atoms with E-state index in [1.54, 1.807) is 0 Å². The van der Waals surface area contributed by atoms with Gasteiger partial charge in [-0.3, -0.25) is 4.79 Å². The number of carbonyl (C=O) groups excluding carboxylic acids is 1. The molecule has 1 amide bonds. The van der Waals surface area contributed by atoms with E-state index in [1.807, 2.05) is 13.8 Å². The third-order valence-electron chi connectivity index (χ3n) is 3.84. The summed E-state index contributed by atoms with van der Waals surface area (Å²) in [5, 5.41) is 2.96. The van der Waals surface area contributed by atoms with Crippen LogP contribution in [0.25, 0.3) is 0 Å². The maximum Gasteiger partial charge on any atom is 0.272 e. The number of carbonyl (C=O) groups is 1. The molecule has 2 rings (SSSR count). The number of aromatic nitrogens is 2. The van der Waals surface area contributed by atoms with Crippen LogP contribution in [-0.4, -0.2) is 47.5 Å². The van der Waals surface area contributed by atoms with E-state index in [0.717, 1.165) is 19.5 Å². The van der Waals surface area contributed by atoms with E-state index in [4.69, 9.17) is 5.73 Å². The van der Waals surface area contributed by atoms with Crippen LogP contribution in [0.15, 0.2) is 6.20 Å². The first kappa shape index (κ1) is 15.7. The molecule has 3 N–H and O–H groups in total. The molecule has 0 aromatic carbocycles. The molecular formula is C15H25N5O. The topological polar surface area (TPSA) is 84.1 Å². The molecule has 1 aliphatic heterocycles. The second kappa shape index (κ2) is 6.85. The molecule has 0 saturated carbocycles. The monoisotopic (exact) mass is 291 g/mol. The standard InChI is InChI=1S/C15H25N5O/c1-10(2)14-17-8-12(16)13(19-14)15(21)18-7-11-5-4-6-20(3)9-11/h8,10-11H,4-7,9,16H2,1-3H3,(H,18,21). The summed E-state index contributed by atoms with van der Waals surface area (Å²) in [6.45, 7) is 6.82. The largest absolute Gasteiger partial charge is 0.396 e. The fourth-order valence-corrected chi connectivity index (χ4v) is 2.63. The summed E-state index contributed by atoms with van der Waals surface area (Å²) in [4.78, 5) is 23.0. The third kappa shape index (κ3) is 4.14. The van der Waals surface area contributed by atoms with Crippen LogP contribution in [0.1, 0.15) is 48.9 Å². The summed E-state index contributed by atoms with van der Waals surface area (Å²) in [7, 11) is 2.12. The number of nitrogens with zero attached hydrogens (tertiary/aromatic N) is 3. The van der Waals surface area contributed by atoms with Gasteiger partial charge in [0.1, 0.15) is 5.82 Å². The fraction of sp³-hybridized carbons (Fsp3) is 0.667. The van der Waals surface area contributed by atoms with Crippen molar-refractivity contribution in [2.45, 2.75) is 32.6 Å². The van der Waals surface area contributed by atoms with Crippen LogP contribution in [0.2, 0.25) is 0 Å². The molecule has 1 aliphatic rings. The third-order valence-corrected chi connectivity index (χ3v) is 3.84. The van der Waals surface area contributed by atoms with Crippen molar-refractivity contribution in [3.63, 3.8) is 0 Å². The molecule has 0 radical (unpaired) electrons. The van der Waals surface area contributed by atoms with Gasteiger partial charge in [-0.2, -0.15) is 0 Å². The number of amides is 1. The summed E-state index contributed by atoms with van der Waals surface area (Å²) in [5.74, 6) is 1.11. The SMILES string of the molecule is CC(C)c1ncc(N)c(C(=O)NCC2CCCN(C)C2)n1. The molecule has 1 aromatic heterocycles. The van der Waals surface area contributed by atoms with Crippen molar-refractivity contribution >= 4 is 11.6 Å². The predicted octanol–water partition coefficient (Wildman–Crippen LogP) is 1.25. The summed E-state index contributed by atoms with van der Waals surface area (Å²) < 4.78 is 0. The zero-order valence-corrected chi connectivity index (χ0v) is 13.1. The average Bonchev–Trinajstić information content (AvgIpc) is 2.45. The number of piperidine rings is 1. The number of nitrogens with two attached hydrogens (primary N) is 1. The van der Waals surface area contributed by atoms with Gasteiger partial charge in [0.15, 0.2) is 5.69 Å². The van der Waals surface area contributed by atoms with Crippen LogP contribution in [0, 0.1) is 5.92 Å². The zero-order valence-electron chi connectivity index (χ0n) is 13.1. The molecule has 1 aromatic rings. The second-order valence-corrected chi connectivity index (χ2v) is 6.17. The molecule has 1 fully saturated rings. The highest BCUT2D eigenvalue weighted by Crippen LogP contribution is 2.16. The lowest BCUT2D eigenvalue weighted by Crippen LogP contribution is -2.39. The van der Waals surface area contributed by atoms with Crippen molar-refractivity contribution in [3.8, 4) is 0 Å². The quantitative estimate of drug-likeness (QED) is 0.872. The van der Waals surface area contributed by atoms with E-state index >= 15 is 0 Å². The van der Waals surface area contributed by atoms with Crippen molar-refractivity contribution in [2.75, 3.05) is 32.4 Å². The average molecular weight is 291 g/mol. The first-order valence-electron chi connectivity index (χ1n) is 7.56. The Labute approximate surface area is 126 Å². The maximum atomic E-state index is 12.3. The number of anilines is 1. The number of nitrogens with one attached hydrogen (secondary N) is 1. The molecule has 1 saturated heterocycles. The molecule has 0 bridgehead atoms. The molecule has 0 spiro atoms. The van der Waals surface area contributed by atoms with Crippen molar-refractivity contribution in [1.29, 1.82) is 0 Å². The van der Waals surface area contributed by atoms with Gasteiger partial charge in [-0.25, -0.2) is 9.97 Å². The van der Waals surface area contributed by atoms with Gasteiger partial charge in [0.05, 0.1) is 11.9 Å². The summed E-state index contributed by atoms with van der Waals surface area (Å²) in [6.07, 6.45) is 3.86. The number of hydrogen-bond acceptors (Lipinski definition) is 5. The van der Waals surface area contributed by atoms with Crippen LogP contribution in [0.4, 0.5) is 5.69 Å². The lowest BCUT2D eigenvalue weighted by atomic mass is 9.98. The van der Waals surface area contributed by atoms with Crippen LogP contribution in [-0.2, 0) is 0 Å². The first-order chi connectivity index (χ1) is 9.97. The Morgan fingerprint density at radius 2 is 2.33 bits per heavy atom. The molecule has 116 valence electrons. The second-order valence-electron chi connectivity index (χ2n) is 6.17. The van der Waals surface area contributed by atoms with E-state index in [1.165, 1.54) is 12.6 Å². The number of nitrogen functional groups attached to an aromatic ring is 1. The molecular weight excluding hydrogens is 266 g/mol. The Kier molecular flexibility index (Phi) is 5.12. The number of likely N-dealkylation sites (tertiary alicyclic amines) is 1. The van der Waals surface area contributed by atoms with Crippen molar-refractivity contribution in [3.05, 3.63) is 17.7 Å². The van der Waals surface area contributed by atoms with Gasteiger partial charge in [-0.05, 0) is 32.4 Å². The van der Waals surface area contributed by atoms with Gasteiger partial charge in [-0.1, -0.05) is 13.8 Å². The van der Waals surface area contributed by atoms with Gasteiger partial charge < -0.3 is 16.0 Å². The minimum atomic E-state index is -0.204. The highest BCUT2D eigenvalue weighted by atomic mass is 16.1. The Morgan fingerprint density at radius 3 is 3.00 bits per heavy atom. The summed E-state index contributed by atoms with van der Waals surface area (Å²) in [6, 6.07) is 0. The van der Waals surface area contributed by atoms with Gasteiger partial charge >= 0.3 is 0 Å². The van der Waals surface area contributed by atoms with Crippen LogP contribution in [0.3, 0.4) is 0 Å². The molecule has 0 aliphatic carbocycles. The lowest BCUT2D eigenvalue weighted by Gasteiger charge is -2.29. The Hall–Kier alpha value is -1.69. The number of hydrogen-bond donors (Lipinski definition) is 2. The summed E-state index contributed by atoms with van der Waals surface area (Å²) in [5.41, 5.74) is 6.45. The molecule has 6 heteroatoms. The van der Waals surface area contributed by atoms with Gasteiger partial charge in [0.2, 0.25) is 0 Å². The Morgan fingerprint density at radius 1 is 1.57 bits per heavy atom. The Bertz CT molecular complexity index is 503. The van der Waals surface area contributed by atoms with E-state index in [0.29, 0.717) is 24.0 Å². The van der Waals surface area contributed by atoms with Crippen LogP contribution >= 0.6 is 0 Å². The zero-order chi connectivity index (χ0) is 15.4. The molecule has 2 heterocycles. The molecule has 1 atom stereocenters. The fourth-order valence-electron chi connectivity index (χ4n) is 2.63. The van der Waals surface area contributed by atoms with E-state index in [-0.39, 0.29) is 17.5 Å². The van der Waals surface area contributed by atoms with Crippen LogP contribution < -0.4 is 11.1 Å². The highest BCUT2D eigenvalue weighted by Gasteiger charge is 2.20. The summed E-state index contributed by atoms with van der Waals surface area (Å²) >= 11 is 0. The van der Waals surface area contributed by atoms with Gasteiger partial charge in [-0.15, -0.1) is 0 Å². The smallest absolute Gasteiger partial charge is 0.272 e. The normalized spacial score (nSPS) is 19.7. The first-order valence-corrected chi connectivity index (χ1v) is 7.56. The minimum absolute atomic E-state index is 0.171. The Balaban J connectivity index is 1.98. The lowest BCUT2D eigenvalue weighted by molar-refractivity contribution is 0.0932. The van der Waals surface area contributed by atoms with Gasteiger partial charge in [0.25, 0.3) is 5.91 Å². The molecule has 6 nitrogen and oxygen atoms in total. The van der Waals surface area contributed by atoms with E-state index in [9.17, 15) is 4.79 Å². The van der Waals surface area contributed by atoms with Crippen molar-refractivity contribution in [1.82, 2.24) is 20.2 Å². The molecule has 1 unspecified atom stereocenters. The van der Waals surface area contributed by atoms with Gasteiger partial charge in [0, 0.05) is 19.0 Å². The van der Waals surface area contributed by atoms with Crippen LogP contribution in [0.5, 0.6) is 0 Å². The minimum Gasteiger partial charge on any atom is -0.396 e. The molecule has 21 heavy (non-hydrogen) atoms. The van der Waals surface area contributed by atoms with E-state index in [2.05, 4.69) is 27.2 Å².